The van der Waals surface area contributed by atoms with Crippen molar-refractivity contribution in [1.82, 2.24) is 18.7 Å². The second-order valence-corrected chi connectivity index (χ2v) is 7.04. The molecule has 1 unspecified atom stereocenters. The number of rotatable bonds is 5. The van der Waals surface area contributed by atoms with Gasteiger partial charge < -0.3 is 10.6 Å². The Morgan fingerprint density at radius 2 is 2.04 bits per heavy atom. The van der Waals surface area contributed by atoms with E-state index >= 15 is 0 Å². The molecule has 0 saturated carbocycles. The highest BCUT2D eigenvalue weighted by molar-refractivity contribution is 5.77. The van der Waals surface area contributed by atoms with Gasteiger partial charge in [-0.15, -0.1) is 0 Å². The van der Waals surface area contributed by atoms with Crippen molar-refractivity contribution >= 4 is 23.3 Å². The third kappa shape index (κ3) is 3.21. The molecule has 0 bridgehead atoms. The SMILES string of the molecule is CCCCC=Cn1c(N2CCCC(N)C2)nc2c1c(=O)n(C)c(=O)n2C. The van der Waals surface area contributed by atoms with Crippen LogP contribution < -0.4 is 21.9 Å². The van der Waals surface area contributed by atoms with Gasteiger partial charge in [-0.1, -0.05) is 25.8 Å². The Labute approximate surface area is 152 Å². The molecule has 1 fully saturated rings. The molecule has 2 aromatic rings. The summed E-state index contributed by atoms with van der Waals surface area (Å²) in [6, 6.07) is 0.0905. The van der Waals surface area contributed by atoms with Gasteiger partial charge in [0.05, 0.1) is 0 Å². The third-order valence-corrected chi connectivity index (χ3v) is 4.99. The van der Waals surface area contributed by atoms with Gasteiger partial charge in [-0.2, -0.15) is 4.98 Å². The van der Waals surface area contributed by atoms with Gasteiger partial charge in [0.2, 0.25) is 5.95 Å². The molecule has 1 saturated heterocycles. The monoisotopic (exact) mass is 360 g/mol. The first-order valence-electron chi connectivity index (χ1n) is 9.30. The molecule has 1 aliphatic heterocycles. The van der Waals surface area contributed by atoms with Crippen molar-refractivity contribution in [2.75, 3.05) is 18.0 Å². The summed E-state index contributed by atoms with van der Waals surface area (Å²) in [5, 5.41) is 0. The maximum atomic E-state index is 12.8. The summed E-state index contributed by atoms with van der Waals surface area (Å²) in [6.07, 6.45) is 9.07. The van der Waals surface area contributed by atoms with Crippen LogP contribution in [0.3, 0.4) is 0 Å². The standard InChI is InChI=1S/C18H28N6O2/c1-4-5-6-7-11-24-14-15(21(2)18(26)22(3)16(14)25)20-17(24)23-10-8-9-13(19)12-23/h7,11,13H,4-6,8-10,12,19H2,1-3H3. The fraction of sp³-hybridized carbons (Fsp3) is 0.611. The average molecular weight is 360 g/mol. The molecule has 2 N–H and O–H groups in total. The van der Waals surface area contributed by atoms with E-state index in [9.17, 15) is 9.59 Å². The lowest BCUT2D eigenvalue weighted by Crippen LogP contribution is -2.43. The second-order valence-electron chi connectivity index (χ2n) is 7.04. The fourth-order valence-corrected chi connectivity index (χ4v) is 3.46. The molecule has 142 valence electrons. The summed E-state index contributed by atoms with van der Waals surface area (Å²) in [6.45, 7) is 3.68. The molecule has 0 radical (unpaired) electrons. The number of allylic oxidation sites excluding steroid dienone is 1. The number of hydrogen-bond acceptors (Lipinski definition) is 5. The highest BCUT2D eigenvalue weighted by Gasteiger charge is 2.25. The first-order chi connectivity index (χ1) is 12.5. The summed E-state index contributed by atoms with van der Waals surface area (Å²) in [4.78, 5) is 31.8. The third-order valence-electron chi connectivity index (χ3n) is 4.99. The highest BCUT2D eigenvalue weighted by Crippen LogP contribution is 2.23. The van der Waals surface area contributed by atoms with Crippen molar-refractivity contribution in [2.45, 2.75) is 45.1 Å². The number of fused-ring (bicyclic) bond motifs is 1. The predicted octanol–water partition coefficient (Wildman–Crippen LogP) is 1.02. The van der Waals surface area contributed by atoms with E-state index in [0.29, 0.717) is 23.7 Å². The Kier molecular flexibility index (Phi) is 5.31. The van der Waals surface area contributed by atoms with Crippen LogP contribution in [0.5, 0.6) is 0 Å². The van der Waals surface area contributed by atoms with Crippen molar-refractivity contribution < 1.29 is 0 Å². The number of anilines is 1. The van der Waals surface area contributed by atoms with Crippen LogP contribution >= 0.6 is 0 Å². The highest BCUT2D eigenvalue weighted by atomic mass is 16.2. The number of nitrogens with zero attached hydrogens (tertiary/aromatic N) is 5. The zero-order chi connectivity index (χ0) is 18.8. The summed E-state index contributed by atoms with van der Waals surface area (Å²) in [5.41, 5.74) is 6.27. The molecule has 0 amide bonds. The number of hydrogen-bond donors (Lipinski definition) is 1. The van der Waals surface area contributed by atoms with E-state index in [1.54, 1.807) is 7.05 Å². The quantitative estimate of drug-likeness (QED) is 0.804. The van der Waals surface area contributed by atoms with Crippen LogP contribution in [0.15, 0.2) is 15.7 Å². The number of aromatic nitrogens is 4. The summed E-state index contributed by atoms with van der Waals surface area (Å²) in [5.74, 6) is 0.682. The molecule has 0 aromatic carbocycles. The topological polar surface area (TPSA) is 91.1 Å². The van der Waals surface area contributed by atoms with E-state index in [2.05, 4.69) is 22.9 Å². The minimum absolute atomic E-state index is 0.0905. The van der Waals surface area contributed by atoms with E-state index in [1.807, 2.05) is 10.8 Å². The van der Waals surface area contributed by atoms with Gasteiger partial charge in [-0.3, -0.25) is 18.5 Å². The Morgan fingerprint density at radius 1 is 1.27 bits per heavy atom. The first kappa shape index (κ1) is 18.4. The molecule has 8 heteroatoms. The molecule has 3 heterocycles. The van der Waals surface area contributed by atoms with Crippen LogP contribution in [-0.2, 0) is 14.1 Å². The van der Waals surface area contributed by atoms with Gasteiger partial charge in [0.1, 0.15) is 0 Å². The van der Waals surface area contributed by atoms with Gasteiger partial charge in [0.25, 0.3) is 5.56 Å². The molecule has 1 atom stereocenters. The van der Waals surface area contributed by atoms with E-state index < -0.39 is 0 Å². The van der Waals surface area contributed by atoms with E-state index in [-0.39, 0.29) is 17.3 Å². The zero-order valence-electron chi connectivity index (χ0n) is 15.8. The van der Waals surface area contributed by atoms with E-state index in [0.717, 1.165) is 43.2 Å². The average Bonchev–Trinajstić information content (AvgIpc) is 3.01. The van der Waals surface area contributed by atoms with E-state index in [1.165, 1.54) is 11.6 Å². The number of nitrogens with two attached hydrogens (primary N) is 1. The lowest BCUT2D eigenvalue weighted by atomic mass is 10.1. The second kappa shape index (κ2) is 7.49. The maximum absolute atomic E-state index is 12.8. The van der Waals surface area contributed by atoms with Crippen molar-refractivity contribution in [3.05, 3.63) is 26.9 Å². The molecular weight excluding hydrogens is 332 g/mol. The van der Waals surface area contributed by atoms with Crippen LogP contribution in [0, 0.1) is 0 Å². The Hall–Kier alpha value is -2.35. The maximum Gasteiger partial charge on any atom is 0.332 e. The van der Waals surface area contributed by atoms with Gasteiger partial charge in [-0.25, -0.2) is 4.79 Å². The molecule has 0 spiro atoms. The predicted molar refractivity (Wildman–Crippen MR) is 104 cm³/mol. The fourth-order valence-electron chi connectivity index (χ4n) is 3.46. The molecular formula is C18H28N6O2. The molecule has 2 aromatic heterocycles. The van der Waals surface area contributed by atoms with Crippen LogP contribution in [0.4, 0.5) is 5.95 Å². The minimum atomic E-state index is -0.371. The number of aryl methyl sites for hydroxylation is 1. The van der Waals surface area contributed by atoms with E-state index in [4.69, 9.17) is 5.73 Å². The number of imidazole rings is 1. The van der Waals surface area contributed by atoms with Crippen molar-refractivity contribution in [3.63, 3.8) is 0 Å². The number of piperidine rings is 1. The lowest BCUT2D eigenvalue weighted by molar-refractivity contribution is 0.499. The number of unbranched alkanes of at least 4 members (excludes halogenated alkanes) is 2. The Bertz CT molecular complexity index is 936. The molecule has 26 heavy (non-hydrogen) atoms. The largest absolute Gasteiger partial charge is 0.340 e. The van der Waals surface area contributed by atoms with Gasteiger partial charge in [-0.05, 0) is 19.3 Å². The van der Waals surface area contributed by atoms with Gasteiger partial charge in [0.15, 0.2) is 11.2 Å². The first-order valence-corrected chi connectivity index (χ1v) is 9.30. The smallest absolute Gasteiger partial charge is 0.332 e. The Balaban J connectivity index is 2.20. The van der Waals surface area contributed by atoms with Crippen LogP contribution in [0.2, 0.25) is 0 Å². The van der Waals surface area contributed by atoms with Crippen molar-refractivity contribution in [3.8, 4) is 0 Å². The van der Waals surface area contributed by atoms with Crippen molar-refractivity contribution in [2.24, 2.45) is 19.8 Å². The van der Waals surface area contributed by atoms with Crippen LogP contribution in [0.25, 0.3) is 17.4 Å². The normalized spacial score (nSPS) is 18.3. The van der Waals surface area contributed by atoms with Crippen molar-refractivity contribution in [1.29, 1.82) is 0 Å². The molecule has 1 aliphatic rings. The summed E-state index contributed by atoms with van der Waals surface area (Å²) >= 11 is 0. The minimum Gasteiger partial charge on any atom is -0.340 e. The lowest BCUT2D eigenvalue weighted by Gasteiger charge is -2.31. The molecule has 8 nitrogen and oxygen atoms in total. The van der Waals surface area contributed by atoms with Gasteiger partial charge >= 0.3 is 5.69 Å². The molecule has 3 rings (SSSR count). The summed E-state index contributed by atoms with van der Waals surface area (Å²) < 4.78 is 4.39. The Morgan fingerprint density at radius 3 is 2.73 bits per heavy atom. The van der Waals surface area contributed by atoms with Crippen LogP contribution in [0.1, 0.15) is 39.0 Å². The van der Waals surface area contributed by atoms with Gasteiger partial charge in [0, 0.05) is 39.4 Å². The zero-order valence-corrected chi connectivity index (χ0v) is 15.8. The molecule has 0 aliphatic carbocycles. The van der Waals surface area contributed by atoms with Crippen LogP contribution in [-0.4, -0.2) is 37.8 Å². The summed E-state index contributed by atoms with van der Waals surface area (Å²) in [7, 11) is 3.15.